The van der Waals surface area contributed by atoms with Gasteiger partial charge in [-0.15, -0.1) is 0 Å². The van der Waals surface area contributed by atoms with Crippen molar-refractivity contribution in [2.45, 2.75) is 26.9 Å². The molecule has 3 N–H and O–H groups in total. The minimum atomic E-state index is -0.393. The summed E-state index contributed by atoms with van der Waals surface area (Å²) in [4.78, 5) is 11.8. The predicted molar refractivity (Wildman–Crippen MR) is 74.4 cm³/mol. The quantitative estimate of drug-likeness (QED) is 0.892. The van der Waals surface area contributed by atoms with Crippen LogP contribution in [0.4, 0.5) is 22.0 Å². The molecule has 0 fully saturated rings. The third-order valence-corrected chi connectivity index (χ3v) is 2.34. The van der Waals surface area contributed by atoms with E-state index in [1.165, 1.54) is 6.07 Å². The maximum atomic E-state index is 13.8. The first-order chi connectivity index (χ1) is 9.44. The lowest BCUT2D eigenvalue weighted by molar-refractivity contribution is 0.222. The van der Waals surface area contributed by atoms with E-state index in [-0.39, 0.29) is 29.7 Å². The van der Waals surface area contributed by atoms with E-state index in [1.54, 1.807) is 12.1 Å². The molecule has 106 valence electrons. The molecule has 2 rings (SSSR count). The van der Waals surface area contributed by atoms with Gasteiger partial charge < -0.3 is 15.8 Å². The van der Waals surface area contributed by atoms with Crippen LogP contribution in [0.25, 0.3) is 0 Å². The zero-order chi connectivity index (χ0) is 14.7. The molecule has 2 aromatic rings. The van der Waals surface area contributed by atoms with Crippen LogP contribution in [0.3, 0.4) is 0 Å². The smallest absolute Gasteiger partial charge is 0.323 e. The van der Waals surface area contributed by atoms with Crippen molar-refractivity contribution in [3.05, 3.63) is 29.6 Å². The third kappa shape index (κ3) is 3.53. The van der Waals surface area contributed by atoms with Crippen LogP contribution < -0.4 is 15.8 Å². The van der Waals surface area contributed by atoms with Crippen molar-refractivity contribution in [2.24, 2.45) is 0 Å². The first-order valence-electron chi connectivity index (χ1n) is 6.15. The standard InChI is InChI=1S/C13H16FN5O/c1-7(2)20-13-18-11(15)17-12(19-13)16-10-5-4-8(3)6-9(10)14/h4-7H,1-3H3,(H3,15,16,17,18,19). The van der Waals surface area contributed by atoms with Gasteiger partial charge >= 0.3 is 6.01 Å². The van der Waals surface area contributed by atoms with Crippen LogP contribution in [0, 0.1) is 12.7 Å². The second-order valence-electron chi connectivity index (χ2n) is 4.57. The monoisotopic (exact) mass is 277 g/mol. The number of nitrogens with one attached hydrogen (secondary N) is 1. The number of ether oxygens (including phenoxy) is 1. The summed E-state index contributed by atoms with van der Waals surface area (Å²) >= 11 is 0. The molecule has 0 saturated heterocycles. The second kappa shape index (κ2) is 5.68. The van der Waals surface area contributed by atoms with Gasteiger partial charge in [0.25, 0.3) is 0 Å². The van der Waals surface area contributed by atoms with E-state index >= 15 is 0 Å². The second-order valence-corrected chi connectivity index (χ2v) is 4.57. The number of nitrogens with two attached hydrogens (primary N) is 1. The van der Waals surface area contributed by atoms with Crippen LogP contribution in [0.5, 0.6) is 6.01 Å². The lowest BCUT2D eigenvalue weighted by atomic mass is 10.2. The fourth-order valence-electron chi connectivity index (χ4n) is 1.53. The molecular weight excluding hydrogens is 261 g/mol. The average molecular weight is 277 g/mol. The molecule has 0 aliphatic carbocycles. The average Bonchev–Trinajstić information content (AvgIpc) is 2.31. The number of halogens is 1. The van der Waals surface area contributed by atoms with Gasteiger partial charge in [-0.05, 0) is 38.5 Å². The van der Waals surface area contributed by atoms with E-state index < -0.39 is 5.82 Å². The number of nitrogens with zero attached hydrogens (tertiary/aromatic N) is 3. The Labute approximate surface area is 116 Å². The number of hydrogen-bond donors (Lipinski definition) is 2. The van der Waals surface area contributed by atoms with E-state index in [1.807, 2.05) is 20.8 Å². The molecule has 0 atom stereocenters. The van der Waals surface area contributed by atoms with E-state index in [9.17, 15) is 4.39 Å². The Balaban J connectivity index is 2.26. The van der Waals surface area contributed by atoms with Crippen molar-refractivity contribution in [1.29, 1.82) is 0 Å². The summed E-state index contributed by atoms with van der Waals surface area (Å²) < 4.78 is 19.1. The molecule has 7 heteroatoms. The van der Waals surface area contributed by atoms with Crippen molar-refractivity contribution < 1.29 is 9.13 Å². The highest BCUT2D eigenvalue weighted by molar-refractivity contribution is 5.55. The van der Waals surface area contributed by atoms with Crippen LogP contribution >= 0.6 is 0 Å². The van der Waals surface area contributed by atoms with E-state index in [0.29, 0.717) is 0 Å². The lowest BCUT2D eigenvalue weighted by Crippen LogP contribution is -2.12. The van der Waals surface area contributed by atoms with E-state index in [4.69, 9.17) is 10.5 Å². The number of rotatable bonds is 4. The topological polar surface area (TPSA) is 86.0 Å². The van der Waals surface area contributed by atoms with Crippen LogP contribution in [0.2, 0.25) is 0 Å². The van der Waals surface area contributed by atoms with Gasteiger partial charge in [-0.1, -0.05) is 6.07 Å². The highest BCUT2D eigenvalue weighted by Crippen LogP contribution is 2.20. The fourth-order valence-corrected chi connectivity index (χ4v) is 1.53. The molecule has 1 aromatic heterocycles. The Morgan fingerprint density at radius 3 is 2.65 bits per heavy atom. The maximum absolute atomic E-state index is 13.8. The summed E-state index contributed by atoms with van der Waals surface area (Å²) in [5.74, 6) is -0.253. The largest absolute Gasteiger partial charge is 0.461 e. The highest BCUT2D eigenvalue weighted by atomic mass is 19.1. The van der Waals surface area contributed by atoms with E-state index in [2.05, 4.69) is 20.3 Å². The highest BCUT2D eigenvalue weighted by Gasteiger charge is 2.09. The molecule has 0 bridgehead atoms. The van der Waals surface area contributed by atoms with Crippen LogP contribution in [0.15, 0.2) is 18.2 Å². The van der Waals surface area contributed by atoms with E-state index in [0.717, 1.165) is 5.56 Å². The van der Waals surface area contributed by atoms with Crippen LogP contribution in [-0.4, -0.2) is 21.1 Å². The molecule has 0 unspecified atom stereocenters. The van der Waals surface area contributed by atoms with Crippen molar-refractivity contribution in [1.82, 2.24) is 15.0 Å². The third-order valence-electron chi connectivity index (χ3n) is 2.34. The van der Waals surface area contributed by atoms with Gasteiger partial charge in [0.1, 0.15) is 5.82 Å². The Kier molecular flexibility index (Phi) is 3.97. The van der Waals surface area contributed by atoms with Crippen molar-refractivity contribution in [3.63, 3.8) is 0 Å². The van der Waals surface area contributed by atoms with Gasteiger partial charge in [-0.3, -0.25) is 0 Å². The van der Waals surface area contributed by atoms with Crippen LogP contribution in [-0.2, 0) is 0 Å². The SMILES string of the molecule is Cc1ccc(Nc2nc(N)nc(OC(C)C)n2)c(F)c1. The Hall–Kier alpha value is -2.44. The lowest BCUT2D eigenvalue weighted by Gasteiger charge is -2.10. The van der Waals surface area contributed by atoms with Gasteiger partial charge in [0.15, 0.2) is 0 Å². The molecule has 0 saturated carbocycles. The summed E-state index contributed by atoms with van der Waals surface area (Å²) in [5, 5.41) is 2.76. The summed E-state index contributed by atoms with van der Waals surface area (Å²) in [6, 6.07) is 4.90. The Morgan fingerprint density at radius 2 is 2.00 bits per heavy atom. The molecule has 6 nitrogen and oxygen atoms in total. The zero-order valence-corrected chi connectivity index (χ0v) is 11.5. The fraction of sp³-hybridized carbons (Fsp3) is 0.308. The Morgan fingerprint density at radius 1 is 1.25 bits per heavy atom. The minimum Gasteiger partial charge on any atom is -0.461 e. The first-order valence-corrected chi connectivity index (χ1v) is 6.15. The molecular formula is C13H16FN5O. The number of benzene rings is 1. The molecule has 1 aromatic carbocycles. The van der Waals surface area contributed by atoms with Gasteiger partial charge in [-0.2, -0.15) is 15.0 Å². The molecule has 0 spiro atoms. The van der Waals surface area contributed by atoms with Gasteiger partial charge in [-0.25, -0.2) is 4.39 Å². The number of anilines is 3. The molecule has 1 heterocycles. The summed E-state index contributed by atoms with van der Waals surface area (Å²) in [7, 11) is 0. The number of nitrogen functional groups attached to an aromatic ring is 1. The van der Waals surface area contributed by atoms with Gasteiger partial charge in [0, 0.05) is 0 Å². The number of aromatic nitrogens is 3. The van der Waals surface area contributed by atoms with Crippen molar-refractivity contribution in [2.75, 3.05) is 11.1 Å². The first kappa shape index (κ1) is 14.0. The normalized spacial score (nSPS) is 10.7. The molecule has 0 radical (unpaired) electrons. The molecule has 20 heavy (non-hydrogen) atoms. The number of aryl methyl sites for hydroxylation is 1. The predicted octanol–water partition coefficient (Wildman–Crippen LogP) is 2.43. The minimum absolute atomic E-state index is 0.00525. The van der Waals surface area contributed by atoms with Crippen molar-refractivity contribution >= 4 is 17.6 Å². The summed E-state index contributed by atoms with van der Waals surface area (Å²) in [5.41, 5.74) is 6.66. The molecule has 0 aliphatic rings. The Bertz CT molecular complexity index is 618. The van der Waals surface area contributed by atoms with Gasteiger partial charge in [0.05, 0.1) is 11.8 Å². The van der Waals surface area contributed by atoms with Crippen molar-refractivity contribution in [3.8, 4) is 6.01 Å². The maximum Gasteiger partial charge on any atom is 0.323 e. The molecule has 0 aliphatic heterocycles. The molecule has 0 amide bonds. The zero-order valence-electron chi connectivity index (χ0n) is 11.5. The van der Waals surface area contributed by atoms with Gasteiger partial charge in [0.2, 0.25) is 11.9 Å². The van der Waals surface area contributed by atoms with Crippen LogP contribution in [0.1, 0.15) is 19.4 Å². The summed E-state index contributed by atoms with van der Waals surface area (Å²) in [6.45, 7) is 5.49. The number of hydrogen-bond acceptors (Lipinski definition) is 6. The summed E-state index contributed by atoms with van der Waals surface area (Å²) in [6.07, 6.45) is -0.0965.